The van der Waals surface area contributed by atoms with Gasteiger partial charge in [-0.25, -0.2) is 15.0 Å². The first kappa shape index (κ1) is 20.9. The maximum Gasteiger partial charge on any atom is 0.188 e. The van der Waals surface area contributed by atoms with Crippen molar-refractivity contribution in [1.82, 2.24) is 0 Å². The van der Waals surface area contributed by atoms with Crippen molar-refractivity contribution in [1.29, 1.82) is 0 Å². The fourth-order valence-corrected chi connectivity index (χ4v) is 4.54. The summed E-state index contributed by atoms with van der Waals surface area (Å²) >= 11 is 0. The highest BCUT2D eigenvalue weighted by Crippen LogP contribution is 2.31. The molecule has 0 N–H and O–H groups in total. The van der Waals surface area contributed by atoms with Gasteiger partial charge in [-0.2, -0.15) is 0 Å². The lowest BCUT2D eigenvalue weighted by Crippen LogP contribution is -2.16. The lowest BCUT2D eigenvalue weighted by atomic mass is 9.84. The Morgan fingerprint density at radius 3 is 1.03 bits per heavy atom. The van der Waals surface area contributed by atoms with Crippen LogP contribution < -0.4 is 0 Å². The van der Waals surface area contributed by atoms with E-state index < -0.39 is 0 Å². The highest BCUT2D eigenvalue weighted by Gasteiger charge is 2.25. The number of ether oxygens (including phenoxy) is 3. The van der Waals surface area contributed by atoms with Crippen LogP contribution in [0.25, 0.3) is 0 Å². The van der Waals surface area contributed by atoms with Crippen molar-refractivity contribution in [3.63, 3.8) is 0 Å². The molecule has 4 rings (SSSR count). The molecule has 0 aliphatic carbocycles. The van der Waals surface area contributed by atoms with E-state index >= 15 is 0 Å². The van der Waals surface area contributed by atoms with Crippen LogP contribution in [0.5, 0.6) is 0 Å². The van der Waals surface area contributed by atoms with Crippen molar-refractivity contribution in [3.8, 4) is 0 Å². The molecule has 0 fully saturated rings. The third-order valence-electron chi connectivity index (χ3n) is 6.27. The molecule has 1 aromatic rings. The standard InChI is InChI=1S/C24H33N3O3/c1-13-10-28-22(25-13)7-19-16(4)20(8-23-26-14(2)11-29-23)18(6)21(17(19)5)9-24-27-15(3)12-30-24/h13-15H,7-12H2,1-6H3/t13-,14-,15-/m1/s1. The zero-order valence-electron chi connectivity index (χ0n) is 19.0. The second kappa shape index (κ2) is 8.40. The van der Waals surface area contributed by atoms with Gasteiger partial charge in [-0.15, -0.1) is 0 Å². The van der Waals surface area contributed by atoms with Gasteiger partial charge in [0.15, 0.2) is 17.7 Å². The predicted octanol–water partition coefficient (Wildman–Crippen LogP) is 3.69. The molecule has 1 aromatic carbocycles. The molecule has 6 heteroatoms. The largest absolute Gasteiger partial charge is 0.478 e. The van der Waals surface area contributed by atoms with Gasteiger partial charge in [0.2, 0.25) is 0 Å². The molecular weight excluding hydrogens is 378 g/mol. The molecule has 0 unspecified atom stereocenters. The summed E-state index contributed by atoms with van der Waals surface area (Å²) in [6.07, 6.45) is 2.15. The predicted molar refractivity (Wildman–Crippen MR) is 120 cm³/mol. The van der Waals surface area contributed by atoms with Crippen molar-refractivity contribution in [2.75, 3.05) is 19.8 Å². The Bertz CT molecular complexity index is 792. The van der Waals surface area contributed by atoms with Gasteiger partial charge in [-0.1, -0.05) is 0 Å². The molecule has 3 heterocycles. The van der Waals surface area contributed by atoms with Crippen molar-refractivity contribution >= 4 is 17.7 Å². The Morgan fingerprint density at radius 1 is 0.567 bits per heavy atom. The summed E-state index contributed by atoms with van der Waals surface area (Å²) in [5, 5.41) is 0. The van der Waals surface area contributed by atoms with Crippen LogP contribution in [0.3, 0.4) is 0 Å². The molecule has 0 saturated carbocycles. The lowest BCUT2D eigenvalue weighted by molar-refractivity contribution is 0.317. The molecule has 0 saturated heterocycles. The van der Waals surface area contributed by atoms with E-state index in [1.54, 1.807) is 0 Å². The SMILES string of the molecule is Cc1c(CC2=N[C@H](C)CO2)c(C)c(CC2=N[C@H](C)CO2)c(C)c1CC1=N[C@H](C)CO1. The van der Waals surface area contributed by atoms with Crippen LogP contribution in [0, 0.1) is 20.8 Å². The van der Waals surface area contributed by atoms with Crippen LogP contribution >= 0.6 is 0 Å². The van der Waals surface area contributed by atoms with Crippen molar-refractivity contribution in [3.05, 3.63) is 33.4 Å². The van der Waals surface area contributed by atoms with E-state index in [0.717, 1.165) is 37.0 Å². The molecule has 0 spiro atoms. The molecule has 162 valence electrons. The molecule has 0 amide bonds. The maximum atomic E-state index is 5.84. The van der Waals surface area contributed by atoms with E-state index in [4.69, 9.17) is 14.2 Å². The minimum absolute atomic E-state index is 0.232. The van der Waals surface area contributed by atoms with Crippen LogP contribution in [-0.4, -0.2) is 55.6 Å². The van der Waals surface area contributed by atoms with E-state index in [9.17, 15) is 0 Å². The Hall–Kier alpha value is -2.37. The topological polar surface area (TPSA) is 64.8 Å². The first-order chi connectivity index (χ1) is 14.3. The average Bonchev–Trinajstić information content (AvgIpc) is 3.42. The first-order valence-electron chi connectivity index (χ1n) is 11.0. The highest BCUT2D eigenvalue weighted by atomic mass is 16.5. The van der Waals surface area contributed by atoms with Crippen LogP contribution in [-0.2, 0) is 33.5 Å². The van der Waals surface area contributed by atoms with E-state index in [-0.39, 0.29) is 18.1 Å². The van der Waals surface area contributed by atoms with Crippen LogP contribution in [0.4, 0.5) is 0 Å². The van der Waals surface area contributed by atoms with Gasteiger partial charge in [0.25, 0.3) is 0 Å². The molecule has 3 aliphatic rings. The van der Waals surface area contributed by atoms with Gasteiger partial charge < -0.3 is 14.2 Å². The van der Waals surface area contributed by atoms with Crippen molar-refractivity contribution in [2.45, 2.75) is 78.9 Å². The highest BCUT2D eigenvalue weighted by molar-refractivity contribution is 5.85. The zero-order valence-corrected chi connectivity index (χ0v) is 19.0. The number of aliphatic imine (C=N–C) groups is 3. The van der Waals surface area contributed by atoms with Crippen LogP contribution in [0.15, 0.2) is 15.0 Å². The third kappa shape index (κ3) is 4.23. The summed E-state index contributed by atoms with van der Waals surface area (Å²) in [4.78, 5) is 14.0. The summed E-state index contributed by atoms with van der Waals surface area (Å²) in [5.41, 5.74) is 7.72. The second-order valence-electron chi connectivity index (χ2n) is 8.89. The van der Waals surface area contributed by atoms with Crippen molar-refractivity contribution in [2.24, 2.45) is 15.0 Å². The summed E-state index contributed by atoms with van der Waals surface area (Å²) in [5.74, 6) is 2.50. The van der Waals surface area contributed by atoms with E-state index in [2.05, 4.69) is 56.5 Å². The van der Waals surface area contributed by atoms with Gasteiger partial charge in [0.1, 0.15) is 19.8 Å². The van der Waals surface area contributed by atoms with Gasteiger partial charge in [0.05, 0.1) is 18.1 Å². The molecule has 3 atom stereocenters. The van der Waals surface area contributed by atoms with Crippen LogP contribution in [0.2, 0.25) is 0 Å². The number of nitrogens with zero attached hydrogens (tertiary/aromatic N) is 3. The van der Waals surface area contributed by atoms with Crippen molar-refractivity contribution < 1.29 is 14.2 Å². The number of rotatable bonds is 6. The van der Waals surface area contributed by atoms with E-state index in [0.29, 0.717) is 19.8 Å². The van der Waals surface area contributed by atoms with E-state index in [1.807, 2.05) is 0 Å². The lowest BCUT2D eigenvalue weighted by Gasteiger charge is -2.22. The molecule has 3 aliphatic heterocycles. The minimum atomic E-state index is 0.232. The van der Waals surface area contributed by atoms with Gasteiger partial charge in [0, 0.05) is 19.3 Å². The number of benzene rings is 1. The zero-order chi connectivity index (χ0) is 21.4. The third-order valence-corrected chi connectivity index (χ3v) is 6.27. The Labute approximate surface area is 179 Å². The monoisotopic (exact) mass is 411 g/mol. The summed E-state index contributed by atoms with van der Waals surface area (Å²) in [6.45, 7) is 14.9. The normalized spacial score (nSPS) is 25.4. The summed E-state index contributed by atoms with van der Waals surface area (Å²) in [7, 11) is 0. The minimum Gasteiger partial charge on any atom is -0.478 e. The second-order valence-corrected chi connectivity index (χ2v) is 8.89. The fourth-order valence-electron chi connectivity index (χ4n) is 4.54. The van der Waals surface area contributed by atoms with Crippen LogP contribution in [0.1, 0.15) is 54.2 Å². The maximum absolute atomic E-state index is 5.84. The molecular formula is C24H33N3O3. The summed E-state index contributed by atoms with van der Waals surface area (Å²) < 4.78 is 17.5. The van der Waals surface area contributed by atoms with Gasteiger partial charge in [-0.3, -0.25) is 0 Å². The Morgan fingerprint density at radius 2 is 0.833 bits per heavy atom. The molecule has 30 heavy (non-hydrogen) atoms. The first-order valence-corrected chi connectivity index (χ1v) is 11.0. The molecule has 6 nitrogen and oxygen atoms in total. The van der Waals surface area contributed by atoms with E-state index in [1.165, 1.54) is 33.4 Å². The fraction of sp³-hybridized carbons (Fsp3) is 0.625. The number of hydrogen-bond donors (Lipinski definition) is 0. The number of hydrogen-bond acceptors (Lipinski definition) is 6. The molecule has 0 radical (unpaired) electrons. The Balaban J connectivity index is 1.74. The van der Waals surface area contributed by atoms with Gasteiger partial charge >= 0.3 is 0 Å². The molecule has 0 aromatic heterocycles. The average molecular weight is 412 g/mol. The van der Waals surface area contributed by atoms with Gasteiger partial charge in [-0.05, 0) is 74.9 Å². The Kier molecular flexibility index (Phi) is 5.85. The quantitative estimate of drug-likeness (QED) is 0.717. The smallest absolute Gasteiger partial charge is 0.188 e. The summed E-state index contributed by atoms with van der Waals surface area (Å²) in [6, 6.07) is 0.696. The molecule has 0 bridgehead atoms.